The number of fused-ring (bicyclic) bond motifs is 1. The van der Waals surface area contributed by atoms with Crippen LogP contribution in [0.1, 0.15) is 22.3 Å². The van der Waals surface area contributed by atoms with Gasteiger partial charge in [-0.25, -0.2) is 0 Å². The molecule has 0 saturated heterocycles. The predicted molar refractivity (Wildman–Crippen MR) is 120 cm³/mol. The van der Waals surface area contributed by atoms with Crippen molar-refractivity contribution in [1.29, 1.82) is 0 Å². The highest BCUT2D eigenvalue weighted by Crippen LogP contribution is 2.35. The fraction of sp³-hybridized carbons (Fsp3) is 0.240. The van der Waals surface area contributed by atoms with Gasteiger partial charge < -0.3 is 19.3 Å². The highest BCUT2D eigenvalue weighted by molar-refractivity contribution is 6.08. The largest absolute Gasteiger partial charge is 0.493 e. The average Bonchev–Trinajstić information content (AvgIpc) is 2.99. The van der Waals surface area contributed by atoms with Crippen molar-refractivity contribution in [3.63, 3.8) is 0 Å². The van der Waals surface area contributed by atoms with Gasteiger partial charge in [-0.15, -0.1) is 0 Å². The Morgan fingerprint density at radius 2 is 1.66 bits per heavy atom. The first-order valence-electron chi connectivity index (χ1n) is 10.4. The van der Waals surface area contributed by atoms with Gasteiger partial charge >= 0.3 is 6.61 Å². The zero-order chi connectivity index (χ0) is 22.5. The zero-order valence-electron chi connectivity index (χ0n) is 17.7. The molecule has 4 rings (SSSR count). The monoisotopic (exact) mass is 438 g/mol. The molecule has 0 N–H and O–H groups in total. The van der Waals surface area contributed by atoms with Crippen molar-refractivity contribution in [3.05, 3.63) is 83.9 Å². The number of methoxy groups -OCH3 is 1. The molecule has 5 nitrogen and oxygen atoms in total. The number of benzene rings is 3. The number of hydrogen-bond donors (Lipinski definition) is 0. The summed E-state index contributed by atoms with van der Waals surface area (Å²) in [6, 6.07) is 22.3. The van der Waals surface area contributed by atoms with E-state index in [1.54, 1.807) is 4.90 Å². The molecule has 0 fully saturated rings. The number of carbonyl (C=O) groups excluding carboxylic acids is 1. The predicted octanol–water partition coefficient (Wildman–Crippen LogP) is 5.35. The molecule has 3 aromatic rings. The Hall–Kier alpha value is -3.61. The first-order valence-corrected chi connectivity index (χ1v) is 10.4. The number of rotatable bonds is 6. The minimum Gasteiger partial charge on any atom is -0.493 e. The van der Waals surface area contributed by atoms with Crippen molar-refractivity contribution in [2.45, 2.75) is 19.6 Å². The van der Waals surface area contributed by atoms with Crippen LogP contribution in [-0.4, -0.2) is 32.7 Å². The number of halogens is 2. The minimum atomic E-state index is -2.97. The molecule has 0 bridgehead atoms. The molecule has 7 heteroatoms. The quantitative estimate of drug-likeness (QED) is 0.520. The summed E-state index contributed by atoms with van der Waals surface area (Å²) in [6.45, 7) is -0.884. The van der Waals surface area contributed by atoms with E-state index in [0.717, 1.165) is 30.9 Å². The average molecular weight is 438 g/mol. The number of para-hydroxylation sites is 2. The van der Waals surface area contributed by atoms with Crippen molar-refractivity contribution in [3.8, 4) is 11.5 Å². The van der Waals surface area contributed by atoms with Crippen molar-refractivity contribution in [1.82, 2.24) is 0 Å². The van der Waals surface area contributed by atoms with Crippen LogP contribution in [0.5, 0.6) is 11.5 Å². The molecule has 1 aliphatic rings. The van der Waals surface area contributed by atoms with Crippen LogP contribution in [0.25, 0.3) is 0 Å². The molecule has 166 valence electrons. The van der Waals surface area contributed by atoms with Gasteiger partial charge in [-0.2, -0.15) is 8.78 Å². The Morgan fingerprint density at radius 3 is 2.38 bits per heavy atom. The van der Waals surface area contributed by atoms with Crippen LogP contribution in [-0.2, 0) is 6.54 Å². The summed E-state index contributed by atoms with van der Waals surface area (Å²) >= 11 is 0. The molecule has 0 aliphatic carbocycles. The maximum atomic E-state index is 13.4. The fourth-order valence-electron chi connectivity index (χ4n) is 3.95. The number of carbonyl (C=O) groups is 1. The van der Waals surface area contributed by atoms with Gasteiger partial charge in [-0.05, 0) is 42.3 Å². The topological polar surface area (TPSA) is 42.0 Å². The Bertz CT molecular complexity index is 1080. The van der Waals surface area contributed by atoms with Gasteiger partial charge in [0.2, 0.25) is 0 Å². The van der Waals surface area contributed by atoms with Crippen LogP contribution in [0.3, 0.4) is 0 Å². The third kappa shape index (κ3) is 4.66. The summed E-state index contributed by atoms with van der Waals surface area (Å²) in [6.07, 6.45) is 0.789. The molecule has 0 saturated carbocycles. The van der Waals surface area contributed by atoms with Crippen LogP contribution in [0.15, 0.2) is 72.8 Å². The van der Waals surface area contributed by atoms with Crippen LogP contribution in [0.4, 0.5) is 20.2 Å². The number of anilines is 2. The maximum Gasteiger partial charge on any atom is 0.387 e. The van der Waals surface area contributed by atoms with Gasteiger partial charge in [-0.1, -0.05) is 42.5 Å². The maximum absolute atomic E-state index is 13.4. The Morgan fingerprint density at radius 1 is 0.938 bits per heavy atom. The second kappa shape index (κ2) is 9.68. The number of hydrogen-bond acceptors (Lipinski definition) is 4. The molecule has 1 amide bonds. The van der Waals surface area contributed by atoms with E-state index in [1.165, 1.54) is 30.9 Å². The summed E-state index contributed by atoms with van der Waals surface area (Å²) in [5, 5.41) is 0. The lowest BCUT2D eigenvalue weighted by Crippen LogP contribution is -2.31. The minimum absolute atomic E-state index is 0.0879. The van der Waals surface area contributed by atoms with Crippen molar-refractivity contribution < 1.29 is 23.0 Å². The molecule has 0 unspecified atom stereocenters. The summed E-state index contributed by atoms with van der Waals surface area (Å²) in [4.78, 5) is 17.5. The normalized spacial score (nSPS) is 13.5. The summed E-state index contributed by atoms with van der Waals surface area (Å²) in [5.41, 5.74) is 3.33. The molecular weight excluding hydrogens is 414 g/mol. The lowest BCUT2D eigenvalue weighted by Gasteiger charge is -2.27. The summed E-state index contributed by atoms with van der Waals surface area (Å²) < 4.78 is 34.9. The Kier molecular flexibility index (Phi) is 6.54. The van der Waals surface area contributed by atoms with Crippen LogP contribution >= 0.6 is 0 Å². The number of ether oxygens (including phenoxy) is 2. The highest BCUT2D eigenvalue weighted by Gasteiger charge is 2.26. The zero-order valence-corrected chi connectivity index (χ0v) is 17.7. The second-order valence-corrected chi connectivity index (χ2v) is 7.45. The molecular formula is C25H24F2N2O3. The molecule has 3 aromatic carbocycles. The first kappa shape index (κ1) is 21.6. The summed E-state index contributed by atoms with van der Waals surface area (Å²) in [5.74, 6) is -0.241. The lowest BCUT2D eigenvalue weighted by molar-refractivity contribution is -0.0512. The van der Waals surface area contributed by atoms with E-state index in [-0.39, 0.29) is 17.4 Å². The van der Waals surface area contributed by atoms with Gasteiger partial charge in [0, 0.05) is 25.2 Å². The van der Waals surface area contributed by atoms with E-state index in [9.17, 15) is 13.6 Å². The Labute approximate surface area is 185 Å². The third-order valence-corrected chi connectivity index (χ3v) is 5.41. The van der Waals surface area contributed by atoms with E-state index in [2.05, 4.69) is 21.8 Å². The molecule has 32 heavy (non-hydrogen) atoms. The van der Waals surface area contributed by atoms with Crippen molar-refractivity contribution >= 4 is 17.3 Å². The third-order valence-electron chi connectivity index (χ3n) is 5.41. The van der Waals surface area contributed by atoms with Crippen LogP contribution in [0, 0.1) is 0 Å². The SMILES string of the molecule is COc1cc(C(=O)N2CCCN(Cc3ccccc3)c3ccccc32)ccc1OC(F)F. The Balaban J connectivity index is 1.64. The fourth-order valence-corrected chi connectivity index (χ4v) is 3.95. The van der Waals surface area contributed by atoms with Gasteiger partial charge in [-0.3, -0.25) is 4.79 Å². The van der Waals surface area contributed by atoms with Gasteiger partial charge in [0.15, 0.2) is 11.5 Å². The molecule has 0 radical (unpaired) electrons. The van der Waals surface area contributed by atoms with E-state index >= 15 is 0 Å². The lowest BCUT2D eigenvalue weighted by atomic mass is 10.1. The van der Waals surface area contributed by atoms with Crippen molar-refractivity contribution in [2.75, 3.05) is 30.0 Å². The van der Waals surface area contributed by atoms with Gasteiger partial charge in [0.05, 0.1) is 18.5 Å². The van der Waals surface area contributed by atoms with Crippen molar-refractivity contribution in [2.24, 2.45) is 0 Å². The molecule has 0 spiro atoms. The van der Waals surface area contributed by atoms with E-state index in [0.29, 0.717) is 12.1 Å². The second-order valence-electron chi connectivity index (χ2n) is 7.45. The van der Waals surface area contributed by atoms with E-state index in [1.807, 2.05) is 42.5 Å². The number of alkyl halides is 2. The van der Waals surface area contributed by atoms with Gasteiger partial charge in [0.1, 0.15) is 0 Å². The van der Waals surface area contributed by atoms with E-state index in [4.69, 9.17) is 4.74 Å². The molecule has 1 aliphatic heterocycles. The standard InChI is InChI=1S/C25H24F2N2O3/c1-31-23-16-19(12-13-22(23)32-25(26)27)24(30)29-15-7-14-28(17-18-8-3-2-4-9-18)20-10-5-6-11-21(20)29/h2-6,8-13,16,25H,7,14-15,17H2,1H3. The number of amides is 1. The number of nitrogens with zero attached hydrogens (tertiary/aromatic N) is 2. The van der Waals surface area contributed by atoms with Crippen LogP contribution < -0.4 is 19.3 Å². The van der Waals surface area contributed by atoms with Gasteiger partial charge in [0.25, 0.3) is 5.91 Å². The van der Waals surface area contributed by atoms with E-state index < -0.39 is 6.61 Å². The smallest absolute Gasteiger partial charge is 0.387 e. The molecule has 1 heterocycles. The molecule has 0 aromatic heterocycles. The highest BCUT2D eigenvalue weighted by atomic mass is 19.3. The van der Waals surface area contributed by atoms with Crippen LogP contribution in [0.2, 0.25) is 0 Å². The summed E-state index contributed by atoms with van der Waals surface area (Å²) in [7, 11) is 1.35. The molecule has 0 atom stereocenters. The first-order chi connectivity index (χ1) is 15.6.